The van der Waals surface area contributed by atoms with E-state index in [1.165, 1.54) is 4.80 Å². The largest absolute Gasteiger partial charge is 0.481 e. The quantitative estimate of drug-likeness (QED) is 0.912. The number of carboxylic acid groups (broad SMARTS) is 1. The number of hydrogen-bond acceptors (Lipinski definition) is 4. The minimum Gasteiger partial charge on any atom is -0.481 e. The average Bonchev–Trinajstić information content (AvgIpc) is 2.63. The van der Waals surface area contributed by atoms with Crippen molar-refractivity contribution in [2.45, 2.75) is 20.3 Å². The number of benzene rings is 1. The van der Waals surface area contributed by atoms with Gasteiger partial charge in [-0.25, -0.2) is 0 Å². The highest BCUT2D eigenvalue weighted by Crippen LogP contribution is 2.24. The van der Waals surface area contributed by atoms with E-state index in [0.29, 0.717) is 10.7 Å². The zero-order valence-electron chi connectivity index (χ0n) is 9.88. The molecule has 0 amide bonds. The summed E-state index contributed by atoms with van der Waals surface area (Å²) >= 11 is 6.14. The first-order chi connectivity index (χ1) is 8.47. The lowest BCUT2D eigenvalue weighted by atomic mass is 10.1. The molecular formula is C11H11ClN4O2. The van der Waals surface area contributed by atoms with Crippen molar-refractivity contribution in [3.05, 3.63) is 34.1 Å². The molecule has 6 nitrogen and oxygen atoms in total. The van der Waals surface area contributed by atoms with Crippen molar-refractivity contribution in [1.29, 1.82) is 0 Å². The van der Waals surface area contributed by atoms with Crippen LogP contribution in [0.4, 0.5) is 0 Å². The normalized spacial score (nSPS) is 10.6. The maximum atomic E-state index is 10.5. The summed E-state index contributed by atoms with van der Waals surface area (Å²) in [5.41, 5.74) is 2.55. The molecule has 0 fully saturated rings. The van der Waals surface area contributed by atoms with Gasteiger partial charge in [0.05, 0.1) is 5.02 Å². The van der Waals surface area contributed by atoms with E-state index < -0.39 is 5.97 Å². The van der Waals surface area contributed by atoms with Gasteiger partial charge in [-0.1, -0.05) is 17.7 Å². The van der Waals surface area contributed by atoms with Gasteiger partial charge in [0, 0.05) is 0 Å². The van der Waals surface area contributed by atoms with Gasteiger partial charge < -0.3 is 5.11 Å². The van der Waals surface area contributed by atoms with E-state index >= 15 is 0 Å². The molecule has 0 aliphatic rings. The number of aliphatic carboxylic acids is 1. The average molecular weight is 267 g/mol. The standard InChI is InChI=1S/C11H11ClN4O2/c1-6-3-7(2)11(8(12)4-6)16-14-9(13-15-16)5-10(17)18/h3-4H,5H2,1-2H3,(H,17,18). The lowest BCUT2D eigenvalue weighted by molar-refractivity contribution is -0.136. The Morgan fingerprint density at radius 1 is 1.44 bits per heavy atom. The second-order valence-electron chi connectivity index (χ2n) is 3.98. The van der Waals surface area contributed by atoms with E-state index in [1.54, 1.807) is 6.07 Å². The number of carbonyl (C=O) groups is 1. The van der Waals surface area contributed by atoms with Crippen molar-refractivity contribution in [1.82, 2.24) is 20.2 Å². The maximum absolute atomic E-state index is 10.5. The van der Waals surface area contributed by atoms with E-state index in [9.17, 15) is 4.79 Å². The van der Waals surface area contributed by atoms with Gasteiger partial charge in [0.1, 0.15) is 12.1 Å². The van der Waals surface area contributed by atoms with Crippen LogP contribution in [-0.2, 0) is 11.2 Å². The number of carboxylic acids is 1. The molecule has 1 heterocycles. The lowest BCUT2D eigenvalue weighted by Crippen LogP contribution is -2.05. The zero-order valence-corrected chi connectivity index (χ0v) is 10.6. The van der Waals surface area contributed by atoms with Gasteiger partial charge in [0.2, 0.25) is 0 Å². The lowest BCUT2D eigenvalue weighted by Gasteiger charge is -2.07. The third-order valence-electron chi connectivity index (χ3n) is 2.36. The molecule has 1 N–H and O–H groups in total. The van der Waals surface area contributed by atoms with Crippen LogP contribution < -0.4 is 0 Å². The summed E-state index contributed by atoms with van der Waals surface area (Å²) in [6, 6.07) is 3.74. The Balaban J connectivity index is 2.43. The SMILES string of the molecule is Cc1cc(C)c(-n2nnc(CC(=O)O)n2)c(Cl)c1. The Bertz CT molecular complexity index is 586. The Morgan fingerprint density at radius 2 is 2.17 bits per heavy atom. The third-order valence-corrected chi connectivity index (χ3v) is 2.65. The first-order valence-electron chi connectivity index (χ1n) is 5.25. The summed E-state index contributed by atoms with van der Waals surface area (Å²) in [7, 11) is 0. The van der Waals surface area contributed by atoms with Crippen molar-refractivity contribution >= 4 is 17.6 Å². The number of halogens is 1. The molecule has 0 aliphatic heterocycles. The van der Waals surface area contributed by atoms with E-state index in [2.05, 4.69) is 15.4 Å². The molecule has 0 aliphatic carbocycles. The van der Waals surface area contributed by atoms with Crippen LogP contribution >= 0.6 is 11.6 Å². The smallest absolute Gasteiger partial charge is 0.311 e. The number of tetrazole rings is 1. The Kier molecular flexibility index (Phi) is 3.29. The van der Waals surface area contributed by atoms with Gasteiger partial charge in [0.25, 0.3) is 0 Å². The van der Waals surface area contributed by atoms with Gasteiger partial charge in [-0.05, 0) is 36.3 Å². The molecule has 18 heavy (non-hydrogen) atoms. The van der Waals surface area contributed by atoms with Crippen LogP contribution in [0.3, 0.4) is 0 Å². The Labute approximate surface area is 108 Å². The van der Waals surface area contributed by atoms with E-state index in [-0.39, 0.29) is 12.2 Å². The van der Waals surface area contributed by atoms with Crippen LogP contribution in [0.25, 0.3) is 5.69 Å². The van der Waals surface area contributed by atoms with Crippen molar-refractivity contribution in [3.63, 3.8) is 0 Å². The molecule has 0 bridgehead atoms. The van der Waals surface area contributed by atoms with Gasteiger partial charge in [0.15, 0.2) is 5.82 Å². The molecule has 0 atom stereocenters. The molecule has 1 aromatic carbocycles. The maximum Gasteiger partial charge on any atom is 0.311 e. The fraction of sp³-hybridized carbons (Fsp3) is 0.273. The second-order valence-corrected chi connectivity index (χ2v) is 4.39. The molecule has 0 unspecified atom stereocenters. The van der Waals surface area contributed by atoms with Crippen LogP contribution in [0.15, 0.2) is 12.1 Å². The summed E-state index contributed by atoms with van der Waals surface area (Å²) in [5, 5.41) is 20.7. The highest BCUT2D eigenvalue weighted by Gasteiger charge is 2.13. The molecule has 0 radical (unpaired) electrons. The van der Waals surface area contributed by atoms with Crippen LogP contribution in [0.1, 0.15) is 17.0 Å². The van der Waals surface area contributed by atoms with Crippen LogP contribution in [0.2, 0.25) is 5.02 Å². The molecule has 0 saturated heterocycles. The number of hydrogen-bond donors (Lipinski definition) is 1. The molecule has 2 rings (SSSR count). The van der Waals surface area contributed by atoms with E-state index in [0.717, 1.165) is 11.1 Å². The summed E-state index contributed by atoms with van der Waals surface area (Å²) < 4.78 is 0. The predicted octanol–water partition coefficient (Wildman–Crippen LogP) is 1.56. The Morgan fingerprint density at radius 3 is 2.78 bits per heavy atom. The Hall–Kier alpha value is -1.95. The minimum atomic E-state index is -0.999. The topological polar surface area (TPSA) is 80.9 Å². The molecule has 7 heteroatoms. The van der Waals surface area contributed by atoms with Crippen LogP contribution in [-0.4, -0.2) is 31.3 Å². The molecular weight excluding hydrogens is 256 g/mol. The summed E-state index contributed by atoms with van der Waals surface area (Å²) in [6.45, 7) is 3.82. The van der Waals surface area contributed by atoms with Crippen molar-refractivity contribution in [3.8, 4) is 5.69 Å². The third kappa shape index (κ3) is 2.48. The van der Waals surface area contributed by atoms with Crippen LogP contribution in [0, 0.1) is 13.8 Å². The molecule has 2 aromatic rings. The van der Waals surface area contributed by atoms with Gasteiger partial charge >= 0.3 is 5.97 Å². The number of rotatable bonds is 3. The highest BCUT2D eigenvalue weighted by atomic mass is 35.5. The molecule has 0 saturated carbocycles. The van der Waals surface area contributed by atoms with Gasteiger partial charge in [-0.2, -0.15) is 0 Å². The first-order valence-corrected chi connectivity index (χ1v) is 5.63. The van der Waals surface area contributed by atoms with Crippen molar-refractivity contribution < 1.29 is 9.90 Å². The summed E-state index contributed by atoms with van der Waals surface area (Å²) in [6.07, 6.45) is -0.261. The van der Waals surface area contributed by atoms with E-state index in [1.807, 2.05) is 19.9 Å². The van der Waals surface area contributed by atoms with Crippen molar-refractivity contribution in [2.24, 2.45) is 0 Å². The summed E-state index contributed by atoms with van der Waals surface area (Å²) in [4.78, 5) is 11.8. The van der Waals surface area contributed by atoms with Crippen LogP contribution in [0.5, 0.6) is 0 Å². The number of aryl methyl sites for hydroxylation is 2. The highest BCUT2D eigenvalue weighted by molar-refractivity contribution is 6.32. The monoisotopic (exact) mass is 266 g/mol. The van der Waals surface area contributed by atoms with E-state index in [4.69, 9.17) is 16.7 Å². The fourth-order valence-corrected chi connectivity index (χ4v) is 2.10. The predicted molar refractivity (Wildman–Crippen MR) is 65.0 cm³/mol. The minimum absolute atomic E-state index is 0.151. The molecule has 1 aromatic heterocycles. The van der Waals surface area contributed by atoms with Crippen molar-refractivity contribution in [2.75, 3.05) is 0 Å². The molecule has 0 spiro atoms. The zero-order chi connectivity index (χ0) is 13.3. The summed E-state index contributed by atoms with van der Waals surface area (Å²) in [5.74, 6) is -0.847. The fourth-order valence-electron chi connectivity index (χ4n) is 1.71. The second kappa shape index (κ2) is 4.73. The first kappa shape index (κ1) is 12.5. The molecule has 94 valence electrons. The van der Waals surface area contributed by atoms with Gasteiger partial charge in [-0.15, -0.1) is 15.0 Å². The number of nitrogens with zero attached hydrogens (tertiary/aromatic N) is 4. The number of aromatic nitrogens is 4. The van der Waals surface area contributed by atoms with Gasteiger partial charge in [-0.3, -0.25) is 4.79 Å².